The first-order chi connectivity index (χ1) is 10.3. The molecule has 0 aliphatic carbocycles. The van der Waals surface area contributed by atoms with Gasteiger partial charge in [0.25, 0.3) is 0 Å². The molecule has 5 heteroatoms. The summed E-state index contributed by atoms with van der Waals surface area (Å²) in [5.74, 6) is 1.20. The maximum absolute atomic E-state index is 4.89. The van der Waals surface area contributed by atoms with Crippen LogP contribution in [0.15, 0.2) is 18.3 Å². The molecule has 2 saturated heterocycles. The molecule has 4 heterocycles. The normalized spacial score (nSPS) is 26.9. The highest BCUT2D eigenvalue weighted by atomic mass is 15.3. The fourth-order valence-electron chi connectivity index (χ4n) is 3.80. The van der Waals surface area contributed by atoms with E-state index in [1.54, 1.807) is 0 Å². The Morgan fingerprint density at radius 2 is 2.29 bits per heavy atom. The van der Waals surface area contributed by atoms with Crippen LogP contribution in [-0.2, 0) is 6.42 Å². The molecule has 2 fully saturated rings. The van der Waals surface area contributed by atoms with Crippen LogP contribution >= 0.6 is 0 Å². The molecule has 4 rings (SSSR count). The molecule has 0 aromatic carbocycles. The number of nitrogens with zero attached hydrogens (tertiary/aromatic N) is 4. The van der Waals surface area contributed by atoms with Crippen LogP contribution < -0.4 is 5.32 Å². The maximum atomic E-state index is 4.89. The van der Waals surface area contributed by atoms with Gasteiger partial charge in [0, 0.05) is 18.7 Å². The minimum atomic E-state index is 0.418. The van der Waals surface area contributed by atoms with Gasteiger partial charge < -0.3 is 5.32 Å². The molecule has 0 saturated carbocycles. The summed E-state index contributed by atoms with van der Waals surface area (Å²) in [4.78, 5) is 11.9. The van der Waals surface area contributed by atoms with Gasteiger partial charge in [0.1, 0.15) is 11.3 Å². The van der Waals surface area contributed by atoms with Crippen molar-refractivity contribution < 1.29 is 0 Å². The molecule has 2 aliphatic heterocycles. The maximum Gasteiger partial charge on any atom is 0.161 e. The van der Waals surface area contributed by atoms with Gasteiger partial charge in [0.05, 0.1) is 6.17 Å². The summed E-state index contributed by atoms with van der Waals surface area (Å²) in [5, 5.41) is 3.59. The van der Waals surface area contributed by atoms with E-state index in [-0.39, 0.29) is 0 Å². The molecule has 2 unspecified atom stereocenters. The van der Waals surface area contributed by atoms with Crippen molar-refractivity contribution in [2.75, 3.05) is 20.1 Å². The van der Waals surface area contributed by atoms with E-state index in [1.165, 1.54) is 31.5 Å². The van der Waals surface area contributed by atoms with Crippen LogP contribution in [0.2, 0.25) is 0 Å². The Hall–Kier alpha value is -1.46. The average Bonchev–Trinajstić information content (AvgIpc) is 3.19. The van der Waals surface area contributed by atoms with E-state index >= 15 is 0 Å². The standard InChI is InChI=1S/C16H23N5/c1-20-10-4-7-15(20)21-14(11-12-5-2-8-17-12)19-13-6-3-9-18-16(13)21/h3,6,9,12,15,17H,2,4-5,7-8,10-11H2,1H3. The van der Waals surface area contributed by atoms with Gasteiger partial charge in [0.15, 0.2) is 5.65 Å². The average molecular weight is 285 g/mol. The highest BCUT2D eigenvalue weighted by Gasteiger charge is 2.28. The number of likely N-dealkylation sites (tertiary alicyclic amines) is 1. The summed E-state index contributed by atoms with van der Waals surface area (Å²) in [6.45, 7) is 2.31. The van der Waals surface area contributed by atoms with Crippen LogP contribution in [0.1, 0.15) is 37.7 Å². The molecular formula is C16H23N5. The van der Waals surface area contributed by atoms with Crippen molar-refractivity contribution in [1.29, 1.82) is 0 Å². The Labute approximate surface area is 125 Å². The first-order valence-corrected chi connectivity index (χ1v) is 8.08. The van der Waals surface area contributed by atoms with E-state index in [9.17, 15) is 0 Å². The summed E-state index contributed by atoms with van der Waals surface area (Å²) < 4.78 is 2.39. The van der Waals surface area contributed by atoms with E-state index in [4.69, 9.17) is 4.98 Å². The highest BCUT2D eigenvalue weighted by Crippen LogP contribution is 2.30. The van der Waals surface area contributed by atoms with Gasteiger partial charge in [-0.05, 0) is 58.0 Å². The van der Waals surface area contributed by atoms with Crippen LogP contribution in [0.3, 0.4) is 0 Å². The molecule has 0 spiro atoms. The largest absolute Gasteiger partial charge is 0.314 e. The van der Waals surface area contributed by atoms with Gasteiger partial charge in [-0.3, -0.25) is 9.47 Å². The van der Waals surface area contributed by atoms with Crippen LogP contribution in [0.4, 0.5) is 0 Å². The highest BCUT2D eigenvalue weighted by molar-refractivity contribution is 5.71. The number of rotatable bonds is 3. The Morgan fingerprint density at radius 3 is 3.05 bits per heavy atom. The number of hydrogen-bond donors (Lipinski definition) is 1. The lowest BCUT2D eigenvalue weighted by molar-refractivity contribution is 0.236. The summed E-state index contributed by atoms with van der Waals surface area (Å²) in [7, 11) is 2.21. The smallest absolute Gasteiger partial charge is 0.161 e. The topological polar surface area (TPSA) is 46.0 Å². The van der Waals surface area contributed by atoms with E-state index in [1.807, 2.05) is 12.3 Å². The van der Waals surface area contributed by atoms with Crippen molar-refractivity contribution in [2.45, 2.75) is 44.3 Å². The first kappa shape index (κ1) is 13.2. The minimum Gasteiger partial charge on any atom is -0.314 e. The van der Waals surface area contributed by atoms with Crippen molar-refractivity contribution >= 4 is 11.2 Å². The van der Waals surface area contributed by atoms with Crippen molar-refractivity contribution in [3.8, 4) is 0 Å². The van der Waals surface area contributed by atoms with Gasteiger partial charge in [-0.15, -0.1) is 0 Å². The molecule has 5 nitrogen and oxygen atoms in total. The molecule has 2 aromatic heterocycles. The third-order valence-electron chi connectivity index (χ3n) is 4.89. The number of hydrogen-bond acceptors (Lipinski definition) is 4. The lowest BCUT2D eigenvalue weighted by atomic mass is 10.1. The zero-order valence-electron chi connectivity index (χ0n) is 12.6. The van der Waals surface area contributed by atoms with Gasteiger partial charge in [-0.1, -0.05) is 0 Å². The Kier molecular flexibility index (Phi) is 3.39. The molecule has 1 N–H and O–H groups in total. The monoisotopic (exact) mass is 285 g/mol. The summed E-state index contributed by atoms with van der Waals surface area (Å²) in [6, 6.07) is 4.64. The van der Waals surface area contributed by atoms with Crippen molar-refractivity contribution in [3.05, 3.63) is 24.2 Å². The first-order valence-electron chi connectivity index (χ1n) is 8.08. The van der Waals surface area contributed by atoms with Gasteiger partial charge in [-0.2, -0.15) is 0 Å². The van der Waals surface area contributed by atoms with E-state index in [2.05, 4.69) is 32.9 Å². The van der Waals surface area contributed by atoms with Crippen LogP contribution in [0, 0.1) is 0 Å². The third-order valence-corrected chi connectivity index (χ3v) is 4.89. The summed E-state index contributed by atoms with van der Waals surface area (Å²) in [6.07, 6.45) is 8.32. The SMILES string of the molecule is CN1CCCC1n1c(CC2CCCN2)nc2cccnc21. The fraction of sp³-hybridized carbons (Fsp3) is 0.625. The molecule has 2 aliphatic rings. The molecule has 21 heavy (non-hydrogen) atoms. The number of pyridine rings is 1. The van der Waals surface area contributed by atoms with E-state index in [0.29, 0.717) is 12.2 Å². The summed E-state index contributed by atoms with van der Waals surface area (Å²) in [5.41, 5.74) is 2.08. The Balaban J connectivity index is 1.76. The lowest BCUT2D eigenvalue weighted by Gasteiger charge is -2.24. The number of nitrogens with one attached hydrogen (secondary N) is 1. The van der Waals surface area contributed by atoms with Crippen LogP contribution in [-0.4, -0.2) is 45.6 Å². The van der Waals surface area contributed by atoms with E-state index < -0.39 is 0 Å². The molecule has 0 bridgehead atoms. The lowest BCUT2D eigenvalue weighted by Crippen LogP contribution is -2.29. The number of imidazole rings is 1. The second-order valence-electron chi connectivity index (χ2n) is 6.35. The van der Waals surface area contributed by atoms with E-state index in [0.717, 1.165) is 30.7 Å². The minimum absolute atomic E-state index is 0.418. The predicted molar refractivity (Wildman–Crippen MR) is 83.2 cm³/mol. The summed E-state index contributed by atoms with van der Waals surface area (Å²) >= 11 is 0. The second-order valence-corrected chi connectivity index (χ2v) is 6.35. The molecular weight excluding hydrogens is 262 g/mol. The molecule has 0 amide bonds. The van der Waals surface area contributed by atoms with Crippen molar-refractivity contribution in [2.24, 2.45) is 0 Å². The third kappa shape index (κ3) is 2.34. The molecule has 0 radical (unpaired) electrons. The Morgan fingerprint density at radius 1 is 1.33 bits per heavy atom. The van der Waals surface area contributed by atoms with Crippen molar-refractivity contribution in [3.63, 3.8) is 0 Å². The van der Waals surface area contributed by atoms with Gasteiger partial charge in [-0.25, -0.2) is 9.97 Å². The number of aromatic nitrogens is 3. The van der Waals surface area contributed by atoms with Crippen LogP contribution in [0.25, 0.3) is 11.2 Å². The molecule has 2 atom stereocenters. The molecule has 112 valence electrons. The quantitative estimate of drug-likeness (QED) is 0.936. The van der Waals surface area contributed by atoms with Gasteiger partial charge >= 0.3 is 0 Å². The molecule has 2 aromatic rings. The zero-order chi connectivity index (χ0) is 14.2. The second kappa shape index (κ2) is 5.39. The van der Waals surface area contributed by atoms with Crippen molar-refractivity contribution in [1.82, 2.24) is 24.8 Å². The fourth-order valence-corrected chi connectivity index (χ4v) is 3.80. The van der Waals surface area contributed by atoms with Crippen LogP contribution in [0.5, 0.6) is 0 Å². The Bertz CT molecular complexity index is 629. The zero-order valence-corrected chi connectivity index (χ0v) is 12.6. The van der Waals surface area contributed by atoms with Gasteiger partial charge in [0.2, 0.25) is 0 Å². The predicted octanol–water partition coefficient (Wildman–Crippen LogP) is 1.95. The number of fused-ring (bicyclic) bond motifs is 1.